The first-order valence-corrected chi connectivity index (χ1v) is 4.65. The van der Waals surface area contributed by atoms with Crippen molar-refractivity contribution in [3.05, 3.63) is 0 Å². The molecule has 0 aliphatic carbocycles. The van der Waals surface area contributed by atoms with Crippen LogP contribution < -0.4 is 0 Å². The fourth-order valence-electron chi connectivity index (χ4n) is 1.68. The van der Waals surface area contributed by atoms with E-state index in [1.807, 2.05) is 34.7 Å². The zero-order valence-corrected chi connectivity index (χ0v) is 9.18. The monoisotopic (exact) mass is 185 g/mol. The molecule has 3 nitrogen and oxygen atoms in total. The Morgan fingerprint density at radius 1 is 1.38 bits per heavy atom. The van der Waals surface area contributed by atoms with Crippen molar-refractivity contribution in [2.45, 2.75) is 33.3 Å². The van der Waals surface area contributed by atoms with Gasteiger partial charge in [0.05, 0.1) is 5.41 Å². The topological polar surface area (TPSA) is 29.5 Å². The van der Waals surface area contributed by atoms with Gasteiger partial charge in [-0.3, -0.25) is 4.79 Å². The van der Waals surface area contributed by atoms with Gasteiger partial charge in [-0.15, -0.1) is 0 Å². The first kappa shape index (κ1) is 10.5. The summed E-state index contributed by atoms with van der Waals surface area (Å²) in [6.45, 7) is 9.27. The molecule has 1 fully saturated rings. The summed E-state index contributed by atoms with van der Waals surface area (Å²) in [4.78, 5) is 13.8. The normalized spacial score (nSPS) is 22.2. The van der Waals surface area contributed by atoms with Gasteiger partial charge in [0.15, 0.2) is 0 Å². The van der Waals surface area contributed by atoms with Crippen LogP contribution in [0.2, 0.25) is 0 Å². The van der Waals surface area contributed by atoms with Crippen molar-refractivity contribution in [2.24, 2.45) is 5.41 Å². The summed E-state index contributed by atoms with van der Waals surface area (Å²) in [5.41, 5.74) is -0.643. The van der Waals surface area contributed by atoms with E-state index in [1.54, 1.807) is 0 Å². The lowest BCUT2D eigenvalue weighted by Gasteiger charge is -2.44. The molecule has 3 heteroatoms. The molecule has 0 aromatic rings. The van der Waals surface area contributed by atoms with Crippen molar-refractivity contribution in [3.8, 4) is 0 Å². The van der Waals surface area contributed by atoms with Crippen LogP contribution in [-0.4, -0.2) is 36.6 Å². The van der Waals surface area contributed by atoms with Gasteiger partial charge in [-0.25, -0.2) is 0 Å². The summed E-state index contributed by atoms with van der Waals surface area (Å²) in [5.74, 6) is -0.0712. The summed E-state index contributed by atoms with van der Waals surface area (Å²) in [6, 6.07) is 0. The SMILES string of the molecule is CN1CC(C)(C(=O)OC(C)(C)C)C1. The highest BCUT2D eigenvalue weighted by molar-refractivity contribution is 5.78. The van der Waals surface area contributed by atoms with Gasteiger partial charge in [0.1, 0.15) is 5.60 Å². The molecule has 0 amide bonds. The van der Waals surface area contributed by atoms with Crippen molar-refractivity contribution in [3.63, 3.8) is 0 Å². The largest absolute Gasteiger partial charge is 0.459 e. The minimum atomic E-state index is -0.367. The Bertz CT molecular complexity index is 211. The molecule has 0 bridgehead atoms. The van der Waals surface area contributed by atoms with E-state index in [0.717, 1.165) is 13.1 Å². The molecule has 1 aliphatic rings. The summed E-state index contributed by atoms with van der Waals surface area (Å²) in [6.07, 6.45) is 0. The van der Waals surface area contributed by atoms with Gasteiger partial charge in [0, 0.05) is 13.1 Å². The van der Waals surface area contributed by atoms with Crippen molar-refractivity contribution in [2.75, 3.05) is 20.1 Å². The van der Waals surface area contributed by atoms with Gasteiger partial charge < -0.3 is 9.64 Å². The predicted octanol–water partition coefficient (Wildman–Crippen LogP) is 1.28. The average Bonchev–Trinajstić information content (AvgIpc) is 1.80. The van der Waals surface area contributed by atoms with E-state index in [2.05, 4.69) is 4.90 Å². The fourth-order valence-corrected chi connectivity index (χ4v) is 1.68. The molecule has 0 atom stereocenters. The number of ether oxygens (including phenoxy) is 1. The second-order valence-electron chi connectivity index (χ2n) is 5.23. The molecular formula is C10H19NO2. The van der Waals surface area contributed by atoms with Crippen LogP contribution in [0.1, 0.15) is 27.7 Å². The second kappa shape index (κ2) is 2.98. The molecule has 0 aromatic carbocycles. The summed E-state index contributed by atoms with van der Waals surface area (Å²) < 4.78 is 5.33. The number of carbonyl (C=O) groups excluding carboxylic acids is 1. The molecule has 1 aliphatic heterocycles. The molecule has 13 heavy (non-hydrogen) atoms. The van der Waals surface area contributed by atoms with E-state index in [9.17, 15) is 4.79 Å². The maximum atomic E-state index is 11.7. The molecule has 1 saturated heterocycles. The highest BCUT2D eigenvalue weighted by atomic mass is 16.6. The van der Waals surface area contributed by atoms with Gasteiger partial charge in [-0.1, -0.05) is 0 Å². The molecule has 1 heterocycles. The van der Waals surface area contributed by atoms with E-state index in [0.29, 0.717) is 0 Å². The van der Waals surface area contributed by atoms with E-state index < -0.39 is 0 Å². The van der Waals surface area contributed by atoms with Gasteiger partial charge in [-0.2, -0.15) is 0 Å². The number of rotatable bonds is 1. The molecule has 0 spiro atoms. The first-order chi connectivity index (χ1) is 5.73. The Morgan fingerprint density at radius 3 is 2.15 bits per heavy atom. The lowest BCUT2D eigenvalue weighted by molar-refractivity contribution is -0.175. The Hall–Kier alpha value is -0.570. The van der Waals surface area contributed by atoms with E-state index in [1.165, 1.54) is 0 Å². The average molecular weight is 185 g/mol. The number of hydrogen-bond acceptors (Lipinski definition) is 3. The molecule has 0 saturated carbocycles. The van der Waals surface area contributed by atoms with Crippen LogP contribution in [-0.2, 0) is 9.53 Å². The maximum absolute atomic E-state index is 11.7. The van der Waals surface area contributed by atoms with Crippen LogP contribution in [0.4, 0.5) is 0 Å². The van der Waals surface area contributed by atoms with Gasteiger partial charge >= 0.3 is 5.97 Å². The molecule has 0 N–H and O–H groups in total. The summed E-state index contributed by atoms with van der Waals surface area (Å²) in [7, 11) is 2.01. The van der Waals surface area contributed by atoms with E-state index in [-0.39, 0.29) is 17.0 Å². The second-order valence-corrected chi connectivity index (χ2v) is 5.23. The molecule has 0 radical (unpaired) electrons. The summed E-state index contributed by atoms with van der Waals surface area (Å²) >= 11 is 0. The zero-order valence-electron chi connectivity index (χ0n) is 9.18. The van der Waals surface area contributed by atoms with E-state index >= 15 is 0 Å². The lowest BCUT2D eigenvalue weighted by Crippen LogP contribution is -2.58. The van der Waals surface area contributed by atoms with Crippen molar-refractivity contribution in [1.82, 2.24) is 4.90 Å². The van der Waals surface area contributed by atoms with Crippen LogP contribution >= 0.6 is 0 Å². The third-order valence-electron chi connectivity index (χ3n) is 2.13. The number of carbonyl (C=O) groups is 1. The number of esters is 1. The van der Waals surface area contributed by atoms with Crippen LogP contribution in [0, 0.1) is 5.41 Å². The third kappa shape index (κ3) is 2.44. The Kier molecular flexibility index (Phi) is 2.41. The first-order valence-electron chi connectivity index (χ1n) is 4.65. The highest BCUT2D eigenvalue weighted by Gasteiger charge is 2.45. The lowest BCUT2D eigenvalue weighted by atomic mass is 9.82. The Morgan fingerprint density at radius 2 is 1.85 bits per heavy atom. The zero-order chi connectivity index (χ0) is 10.3. The van der Waals surface area contributed by atoms with Gasteiger partial charge in [0.2, 0.25) is 0 Å². The standard InChI is InChI=1S/C10H19NO2/c1-9(2,3)13-8(12)10(4)6-11(5)7-10/h6-7H2,1-5H3. The number of nitrogens with zero attached hydrogens (tertiary/aromatic N) is 1. The minimum absolute atomic E-state index is 0.0712. The summed E-state index contributed by atoms with van der Waals surface area (Å²) in [5, 5.41) is 0. The minimum Gasteiger partial charge on any atom is -0.459 e. The van der Waals surface area contributed by atoms with Crippen molar-refractivity contribution in [1.29, 1.82) is 0 Å². The third-order valence-corrected chi connectivity index (χ3v) is 2.13. The Labute approximate surface area is 80.1 Å². The fraction of sp³-hybridized carbons (Fsp3) is 0.900. The molecule has 0 aromatic heterocycles. The van der Waals surface area contributed by atoms with Crippen LogP contribution in [0.3, 0.4) is 0 Å². The van der Waals surface area contributed by atoms with Crippen LogP contribution in [0.15, 0.2) is 0 Å². The van der Waals surface area contributed by atoms with Gasteiger partial charge in [-0.05, 0) is 34.7 Å². The van der Waals surface area contributed by atoms with E-state index in [4.69, 9.17) is 4.74 Å². The quantitative estimate of drug-likeness (QED) is 0.576. The maximum Gasteiger partial charge on any atom is 0.314 e. The number of hydrogen-bond donors (Lipinski definition) is 0. The van der Waals surface area contributed by atoms with Crippen LogP contribution in [0.25, 0.3) is 0 Å². The smallest absolute Gasteiger partial charge is 0.314 e. The highest BCUT2D eigenvalue weighted by Crippen LogP contribution is 2.31. The molecule has 76 valence electrons. The molecule has 0 unspecified atom stereocenters. The molecular weight excluding hydrogens is 166 g/mol. The van der Waals surface area contributed by atoms with Gasteiger partial charge in [0.25, 0.3) is 0 Å². The predicted molar refractivity (Wildman–Crippen MR) is 51.4 cm³/mol. The Balaban J connectivity index is 2.50. The number of likely N-dealkylation sites (tertiary alicyclic amines) is 1. The van der Waals surface area contributed by atoms with Crippen LogP contribution in [0.5, 0.6) is 0 Å². The van der Waals surface area contributed by atoms with Crippen molar-refractivity contribution >= 4 is 5.97 Å². The molecule has 1 rings (SSSR count). The van der Waals surface area contributed by atoms with Crippen molar-refractivity contribution < 1.29 is 9.53 Å².